The van der Waals surface area contributed by atoms with E-state index in [9.17, 15) is 48.9 Å². The van der Waals surface area contributed by atoms with E-state index in [2.05, 4.69) is 76.8 Å². The third kappa shape index (κ3) is 61.0. The van der Waals surface area contributed by atoms with Gasteiger partial charge in [0, 0.05) is 84.4 Å². The Kier molecular flexibility index (Phi) is 54.6. The first kappa shape index (κ1) is 99.9. The summed E-state index contributed by atoms with van der Waals surface area (Å²) < 4.78 is 26.1. The quantitative estimate of drug-likeness (QED) is 0.0112. The van der Waals surface area contributed by atoms with Crippen LogP contribution in [0.15, 0.2) is 106 Å². The van der Waals surface area contributed by atoms with Gasteiger partial charge in [-0.15, -0.1) is 12.3 Å². The number of terminal acetylenes is 1. The number of hydrogen-bond acceptors (Lipinski definition) is 18. The Bertz CT molecular complexity index is 3200. The molecule has 4 aromatic carbocycles. The van der Waals surface area contributed by atoms with Gasteiger partial charge in [0.05, 0.1) is 12.2 Å². The van der Waals surface area contributed by atoms with Crippen molar-refractivity contribution in [2.24, 2.45) is 11.5 Å². The lowest BCUT2D eigenvalue weighted by Crippen LogP contribution is -2.39. The molecule has 20 nitrogen and oxygen atoms in total. The molecule has 0 spiro atoms. The van der Waals surface area contributed by atoms with E-state index in [-0.39, 0.29) is 32.2 Å². The van der Waals surface area contributed by atoms with Crippen molar-refractivity contribution >= 4 is 73.7 Å². The number of hydrogen-bond donors (Lipinski definition) is 8. The molecule has 0 saturated heterocycles. The molecule has 0 saturated carbocycles. The molecule has 0 aliphatic rings. The number of alkyl carbamates (subject to hydrolysis) is 2. The fourth-order valence-corrected chi connectivity index (χ4v) is 8.26. The molecule has 0 bridgehead atoms. The van der Waals surface area contributed by atoms with Crippen molar-refractivity contribution in [2.75, 3.05) is 13.1 Å². The number of aryl methyl sites for hydroxylation is 2. The molecule has 4 atom stereocenters. The number of benzene rings is 4. The number of carbonyl (C=O) groups excluding carboxylic acids is 7. The van der Waals surface area contributed by atoms with Crippen molar-refractivity contribution in [1.82, 2.24) is 10.6 Å². The van der Waals surface area contributed by atoms with Crippen molar-refractivity contribution in [1.29, 1.82) is 0 Å². The minimum Gasteiger partial charge on any atom is -0.444 e. The minimum absolute atomic E-state index is 0. The number of aliphatic hydroxyl groups excluding tert-OH is 4. The van der Waals surface area contributed by atoms with E-state index in [1.807, 2.05) is 118 Å². The van der Waals surface area contributed by atoms with Gasteiger partial charge >= 0.3 is 24.5 Å². The van der Waals surface area contributed by atoms with E-state index in [0.29, 0.717) is 103 Å². The maximum Gasteiger partial charge on any atom is 0.519 e. The lowest BCUT2D eigenvalue weighted by atomic mass is 10.0. The summed E-state index contributed by atoms with van der Waals surface area (Å²) in [5, 5.41) is 43.7. The topological polar surface area (TPSA) is 323 Å². The molecule has 4 aromatic rings. The molecule has 0 fully saturated rings. The van der Waals surface area contributed by atoms with Crippen LogP contribution in [-0.2, 0) is 50.9 Å². The second-order valence-corrected chi connectivity index (χ2v) is 28.0. The van der Waals surface area contributed by atoms with Crippen LogP contribution in [0.3, 0.4) is 0 Å². The maximum absolute atomic E-state index is 11.6. The molecule has 564 valence electrons. The first-order chi connectivity index (χ1) is 46.1. The van der Waals surface area contributed by atoms with Crippen LogP contribution >= 0.6 is 31.9 Å². The number of aliphatic hydroxyl groups is 4. The van der Waals surface area contributed by atoms with Crippen LogP contribution in [0.4, 0.5) is 19.2 Å². The summed E-state index contributed by atoms with van der Waals surface area (Å²) in [6.07, 6.45) is 7.31. The molecule has 4 unspecified atom stereocenters. The van der Waals surface area contributed by atoms with Gasteiger partial charge in [-0.2, -0.15) is 0 Å². The van der Waals surface area contributed by atoms with E-state index in [4.69, 9.17) is 41.9 Å². The molecule has 101 heavy (non-hydrogen) atoms. The van der Waals surface area contributed by atoms with Crippen LogP contribution in [0.25, 0.3) is 0 Å². The molecular weight excluding hydrogens is 1420 g/mol. The predicted octanol–water partition coefficient (Wildman–Crippen LogP) is 16.3. The summed E-state index contributed by atoms with van der Waals surface area (Å²) in [5.74, 6) is 15.1. The molecule has 0 aromatic heterocycles. The second-order valence-electron chi connectivity index (χ2n) is 26.2. The van der Waals surface area contributed by atoms with Crippen LogP contribution < -0.4 is 22.1 Å². The average molecular weight is 1540 g/mol. The monoisotopic (exact) mass is 1540 g/mol. The van der Waals surface area contributed by atoms with Crippen molar-refractivity contribution < 1.29 is 77.7 Å². The van der Waals surface area contributed by atoms with E-state index < -0.39 is 71.6 Å². The van der Waals surface area contributed by atoms with Crippen LogP contribution in [0.2, 0.25) is 0 Å². The Hall–Kier alpha value is -7.43. The first-order valence-corrected chi connectivity index (χ1v) is 34.6. The summed E-state index contributed by atoms with van der Waals surface area (Å²) >= 11 is 6.77. The lowest BCUT2D eigenvalue weighted by molar-refractivity contribution is -0.119. The van der Waals surface area contributed by atoms with Crippen molar-refractivity contribution in [2.45, 2.75) is 262 Å². The number of rotatable bonds is 23. The summed E-state index contributed by atoms with van der Waals surface area (Å²) in [6, 6.07) is 30.7. The van der Waals surface area contributed by atoms with Gasteiger partial charge in [-0.1, -0.05) is 140 Å². The lowest BCUT2D eigenvalue weighted by Gasteiger charge is -2.21. The summed E-state index contributed by atoms with van der Waals surface area (Å²) in [6.45, 7) is 27.1. The highest BCUT2D eigenvalue weighted by Gasteiger charge is 2.25. The van der Waals surface area contributed by atoms with Gasteiger partial charge in [-0.25, -0.2) is 19.2 Å². The Morgan fingerprint density at radius 2 is 0.891 bits per heavy atom. The van der Waals surface area contributed by atoms with Crippen LogP contribution in [-0.4, -0.2) is 110 Å². The Labute approximate surface area is 620 Å². The van der Waals surface area contributed by atoms with Gasteiger partial charge in [0.15, 0.2) is 0 Å². The molecule has 2 amide bonds. The van der Waals surface area contributed by atoms with E-state index in [1.165, 1.54) is 5.56 Å². The van der Waals surface area contributed by atoms with Crippen molar-refractivity contribution in [3.8, 4) is 36.0 Å². The molecule has 10 N–H and O–H groups in total. The Morgan fingerprint density at radius 1 is 0.515 bits per heavy atom. The fourth-order valence-electron chi connectivity index (χ4n) is 7.37. The number of ether oxygens (including phenoxy) is 5. The number of halogens is 2. The van der Waals surface area contributed by atoms with Gasteiger partial charge in [0.1, 0.15) is 52.2 Å². The van der Waals surface area contributed by atoms with E-state index in [1.54, 1.807) is 83.1 Å². The molecule has 4 rings (SSSR count). The Balaban J connectivity index is -0.000000574. The SMILES string of the molecule is C.C.C#CCCC(=O)CC.CC(C)(C)OC(=O)NC(O)CCc1cccc(Br)c1.CC(C)(C)OC(=O)OC(=O)OC(C)(C)C.CCC(=O)CCC#Cc1cccc(C(O)CCN)c1.CCC(=O)CCC#Cc1cccc(C(O)CCNC(=O)OC(C)(C)C)c1.NC(O)CCc1cccc(Br)c1. The Morgan fingerprint density at radius 3 is 1.26 bits per heavy atom. The third-order valence-corrected chi connectivity index (χ3v) is 13.2. The summed E-state index contributed by atoms with van der Waals surface area (Å²) in [4.78, 5) is 77.9. The van der Waals surface area contributed by atoms with Crippen molar-refractivity contribution in [3.05, 3.63) is 139 Å². The highest BCUT2D eigenvalue weighted by Crippen LogP contribution is 2.20. The zero-order valence-electron chi connectivity index (χ0n) is 60.7. The van der Waals surface area contributed by atoms with Crippen molar-refractivity contribution in [3.63, 3.8) is 0 Å². The zero-order valence-corrected chi connectivity index (χ0v) is 63.9. The molecule has 0 heterocycles. The van der Waals surface area contributed by atoms with E-state index in [0.717, 1.165) is 43.2 Å². The molecule has 0 aliphatic heterocycles. The van der Waals surface area contributed by atoms with Crippen LogP contribution in [0.1, 0.15) is 248 Å². The number of ketones is 3. The predicted molar refractivity (Wildman–Crippen MR) is 409 cm³/mol. The van der Waals surface area contributed by atoms with Gasteiger partial charge in [0.25, 0.3) is 0 Å². The molecular formula is C79H118Br2N4O16. The maximum atomic E-state index is 11.6. The fraction of sp³-hybridized carbons (Fsp3) is 0.532. The van der Waals surface area contributed by atoms with Crippen LogP contribution in [0, 0.1) is 36.0 Å². The van der Waals surface area contributed by atoms with Gasteiger partial charge in [0.2, 0.25) is 0 Å². The minimum atomic E-state index is -1.06. The summed E-state index contributed by atoms with van der Waals surface area (Å²) in [5.41, 5.74) is 13.7. The highest BCUT2D eigenvalue weighted by atomic mass is 79.9. The second kappa shape index (κ2) is 55.2. The molecule has 22 heteroatoms. The van der Waals surface area contributed by atoms with Gasteiger partial charge in [-0.3, -0.25) is 19.7 Å². The number of carbonyl (C=O) groups is 7. The van der Waals surface area contributed by atoms with E-state index >= 15 is 0 Å². The zero-order chi connectivity index (χ0) is 75.8. The van der Waals surface area contributed by atoms with Gasteiger partial charge in [-0.05, 0) is 199 Å². The highest BCUT2D eigenvalue weighted by molar-refractivity contribution is 9.10. The number of amides is 2. The third-order valence-electron chi connectivity index (χ3n) is 12.2. The largest absolute Gasteiger partial charge is 0.519 e. The standard InChI is InChI=1S/C21H29NO4.C16H21NO2.C14H20BrNO3.C10H18O5.C9H12BrNO.C7H10O.2CH4/c1-5-18(23)12-7-6-9-16-10-8-11-17(15-16)19(24)13-14-22-20(25)26-21(2,3)4;1-2-15(18)9-4-3-6-13-7-5-8-14(12-13)16(19)10-11-17;1-14(2,3)19-13(18)16-12(17)8-7-10-5-4-6-11(15)9-10;1-9(2,3)14-7(11)13-8(12)15-10(4,5)6;10-8-3-1-2-7(6-8)4-5-9(11)12;1-3-5-6-7(8)4-2;;/h8,10-11,15,19,24H,5,7,12-14H2,1-4H3,(H,22,25);5,7-8,12,16,19H,2,4,9-11,17H2,1H3;4-6,9,12,17H,7-8H2,1-3H3,(H,16,18);1-6H3;1-3,6,9,12H,4-5,11H2;1H,4-6H2,2H3;2*1H4. The smallest absolute Gasteiger partial charge is 0.444 e. The van der Waals surface area contributed by atoms with Crippen LogP contribution in [0.5, 0.6) is 0 Å². The number of nitrogens with one attached hydrogen (secondary N) is 2. The number of nitrogens with two attached hydrogens (primary N) is 2. The molecule has 0 radical (unpaired) electrons. The normalized spacial score (nSPS) is 11.6. The summed E-state index contributed by atoms with van der Waals surface area (Å²) in [7, 11) is 0. The molecule has 0 aliphatic carbocycles. The number of Topliss-reactive ketones (excluding diaryl/α,β-unsaturated/α-hetero) is 3. The first-order valence-electron chi connectivity index (χ1n) is 33.1. The van der Waals surface area contributed by atoms with Gasteiger partial charge < -0.3 is 60.9 Å². The average Bonchev–Trinajstić information content (AvgIpc) is 0.903.